The molecule has 0 aromatic heterocycles. The molecular formula is C10H12N2O2. The van der Waals surface area contributed by atoms with Gasteiger partial charge in [-0.3, -0.25) is 4.79 Å². The van der Waals surface area contributed by atoms with Crippen LogP contribution in [-0.4, -0.2) is 36.3 Å². The van der Waals surface area contributed by atoms with E-state index in [1.807, 2.05) is 0 Å². The van der Waals surface area contributed by atoms with Crippen LogP contribution in [0.3, 0.4) is 0 Å². The highest BCUT2D eigenvalue weighted by Crippen LogP contribution is 2.04. The molecule has 0 saturated heterocycles. The van der Waals surface area contributed by atoms with Crippen LogP contribution in [0.2, 0.25) is 0 Å². The largest absolute Gasteiger partial charge is 0.411 e. The van der Waals surface area contributed by atoms with E-state index in [1.54, 1.807) is 38.4 Å². The topological polar surface area (TPSA) is 52.9 Å². The van der Waals surface area contributed by atoms with Gasteiger partial charge in [0, 0.05) is 19.7 Å². The van der Waals surface area contributed by atoms with Crippen LogP contribution in [-0.2, 0) is 0 Å². The second-order valence-electron chi connectivity index (χ2n) is 3.07. The second kappa shape index (κ2) is 4.41. The van der Waals surface area contributed by atoms with Crippen molar-refractivity contribution < 1.29 is 10.0 Å². The number of carbonyl (C=O) groups excluding carboxylic acids is 1. The summed E-state index contributed by atoms with van der Waals surface area (Å²) in [6.45, 7) is 0. The van der Waals surface area contributed by atoms with Gasteiger partial charge >= 0.3 is 0 Å². The van der Waals surface area contributed by atoms with Crippen molar-refractivity contribution in [2.75, 3.05) is 14.1 Å². The monoisotopic (exact) mass is 192 g/mol. The number of hydrogen-bond donors (Lipinski definition) is 1. The molecule has 0 aliphatic carbocycles. The SMILES string of the molecule is CN(C)C(=O)c1ccc(/C=N/O)cc1. The highest BCUT2D eigenvalue weighted by molar-refractivity contribution is 5.94. The summed E-state index contributed by atoms with van der Waals surface area (Å²) in [5, 5.41) is 11.2. The lowest BCUT2D eigenvalue weighted by Gasteiger charge is -2.09. The molecule has 74 valence electrons. The molecule has 14 heavy (non-hydrogen) atoms. The fraction of sp³-hybridized carbons (Fsp3) is 0.200. The third-order valence-electron chi connectivity index (χ3n) is 1.77. The highest BCUT2D eigenvalue weighted by Gasteiger charge is 2.06. The van der Waals surface area contributed by atoms with Crippen LogP contribution in [0, 0.1) is 0 Å². The predicted molar refractivity (Wildman–Crippen MR) is 53.8 cm³/mol. The number of amides is 1. The molecule has 0 fully saturated rings. The summed E-state index contributed by atoms with van der Waals surface area (Å²) < 4.78 is 0. The number of rotatable bonds is 2. The fourth-order valence-corrected chi connectivity index (χ4v) is 1.04. The maximum atomic E-state index is 11.5. The zero-order valence-electron chi connectivity index (χ0n) is 8.14. The zero-order valence-corrected chi connectivity index (χ0v) is 8.14. The predicted octanol–water partition coefficient (Wildman–Crippen LogP) is 1.20. The van der Waals surface area contributed by atoms with E-state index < -0.39 is 0 Å². The molecule has 1 rings (SSSR count). The molecule has 1 aromatic rings. The first-order valence-corrected chi connectivity index (χ1v) is 4.14. The van der Waals surface area contributed by atoms with Crippen LogP contribution in [0.4, 0.5) is 0 Å². The van der Waals surface area contributed by atoms with Crippen LogP contribution in [0.1, 0.15) is 15.9 Å². The summed E-state index contributed by atoms with van der Waals surface area (Å²) in [5.41, 5.74) is 1.37. The Labute approximate surface area is 82.5 Å². The Morgan fingerprint density at radius 1 is 1.36 bits per heavy atom. The smallest absolute Gasteiger partial charge is 0.253 e. The molecule has 0 atom stereocenters. The van der Waals surface area contributed by atoms with E-state index in [4.69, 9.17) is 5.21 Å². The maximum Gasteiger partial charge on any atom is 0.253 e. The maximum absolute atomic E-state index is 11.5. The van der Waals surface area contributed by atoms with Crippen molar-refractivity contribution in [3.05, 3.63) is 35.4 Å². The average Bonchev–Trinajstić information content (AvgIpc) is 2.18. The molecule has 0 heterocycles. The molecule has 1 aromatic carbocycles. The molecule has 0 spiro atoms. The van der Waals surface area contributed by atoms with E-state index in [1.165, 1.54) is 11.1 Å². The number of hydrogen-bond acceptors (Lipinski definition) is 3. The first-order valence-electron chi connectivity index (χ1n) is 4.14. The van der Waals surface area contributed by atoms with Crippen LogP contribution in [0.25, 0.3) is 0 Å². The minimum Gasteiger partial charge on any atom is -0.411 e. The Kier molecular flexibility index (Phi) is 3.23. The van der Waals surface area contributed by atoms with Gasteiger partial charge in [0.2, 0.25) is 0 Å². The number of nitrogens with zero attached hydrogens (tertiary/aromatic N) is 2. The molecule has 4 nitrogen and oxygen atoms in total. The van der Waals surface area contributed by atoms with Crippen molar-refractivity contribution in [2.24, 2.45) is 5.16 Å². The van der Waals surface area contributed by atoms with E-state index in [0.717, 1.165) is 5.56 Å². The number of oxime groups is 1. The van der Waals surface area contributed by atoms with E-state index in [2.05, 4.69) is 5.16 Å². The average molecular weight is 192 g/mol. The Bertz CT molecular complexity index is 342. The first kappa shape index (κ1) is 10.2. The van der Waals surface area contributed by atoms with Gasteiger partial charge in [-0.2, -0.15) is 0 Å². The van der Waals surface area contributed by atoms with Gasteiger partial charge in [0.1, 0.15) is 0 Å². The van der Waals surface area contributed by atoms with Crippen molar-refractivity contribution in [1.82, 2.24) is 4.90 Å². The Morgan fingerprint density at radius 3 is 2.36 bits per heavy atom. The minimum atomic E-state index is -0.0440. The lowest BCUT2D eigenvalue weighted by molar-refractivity contribution is 0.0827. The van der Waals surface area contributed by atoms with Crippen molar-refractivity contribution in [1.29, 1.82) is 0 Å². The molecule has 1 amide bonds. The molecule has 0 unspecified atom stereocenters. The van der Waals surface area contributed by atoms with Gasteiger partial charge in [-0.1, -0.05) is 17.3 Å². The van der Waals surface area contributed by atoms with Gasteiger partial charge in [-0.05, 0) is 17.7 Å². The number of benzene rings is 1. The summed E-state index contributed by atoms with van der Waals surface area (Å²) in [6.07, 6.45) is 1.31. The summed E-state index contributed by atoms with van der Waals surface area (Å²) in [5.74, 6) is -0.0440. The minimum absolute atomic E-state index is 0.0440. The molecular weight excluding hydrogens is 180 g/mol. The van der Waals surface area contributed by atoms with Gasteiger partial charge in [-0.25, -0.2) is 0 Å². The summed E-state index contributed by atoms with van der Waals surface area (Å²) in [6, 6.07) is 6.82. The molecule has 1 N–H and O–H groups in total. The molecule has 0 aliphatic heterocycles. The molecule has 4 heteroatoms. The normalized spacial score (nSPS) is 10.4. The summed E-state index contributed by atoms with van der Waals surface area (Å²) in [7, 11) is 3.40. The third kappa shape index (κ3) is 2.32. The third-order valence-corrected chi connectivity index (χ3v) is 1.77. The van der Waals surface area contributed by atoms with Gasteiger partial charge in [0.15, 0.2) is 0 Å². The zero-order chi connectivity index (χ0) is 10.6. The van der Waals surface area contributed by atoms with Crippen molar-refractivity contribution in [3.63, 3.8) is 0 Å². The standard InChI is InChI=1S/C10H12N2O2/c1-12(2)10(13)9-5-3-8(4-6-9)7-11-14/h3-7,14H,1-2H3/b11-7+. The lowest BCUT2D eigenvalue weighted by Crippen LogP contribution is -2.21. The second-order valence-corrected chi connectivity index (χ2v) is 3.07. The Balaban J connectivity index is 2.88. The van der Waals surface area contributed by atoms with Gasteiger partial charge in [0.25, 0.3) is 5.91 Å². The summed E-state index contributed by atoms with van der Waals surface area (Å²) >= 11 is 0. The highest BCUT2D eigenvalue weighted by atomic mass is 16.4. The van der Waals surface area contributed by atoms with E-state index in [-0.39, 0.29) is 5.91 Å². The van der Waals surface area contributed by atoms with Crippen LogP contribution < -0.4 is 0 Å². The van der Waals surface area contributed by atoms with Crippen molar-refractivity contribution in [3.8, 4) is 0 Å². The van der Waals surface area contributed by atoms with Crippen LogP contribution in [0.5, 0.6) is 0 Å². The quantitative estimate of drug-likeness (QED) is 0.435. The van der Waals surface area contributed by atoms with Crippen molar-refractivity contribution >= 4 is 12.1 Å². The van der Waals surface area contributed by atoms with E-state index in [9.17, 15) is 4.79 Å². The Hall–Kier alpha value is -1.84. The van der Waals surface area contributed by atoms with Crippen molar-refractivity contribution in [2.45, 2.75) is 0 Å². The van der Waals surface area contributed by atoms with Gasteiger partial charge in [-0.15, -0.1) is 0 Å². The molecule has 0 radical (unpaired) electrons. The first-order chi connectivity index (χ1) is 6.65. The number of carbonyl (C=O) groups is 1. The molecule has 0 saturated carbocycles. The molecule has 0 bridgehead atoms. The van der Waals surface area contributed by atoms with E-state index in [0.29, 0.717) is 5.56 Å². The van der Waals surface area contributed by atoms with Gasteiger partial charge < -0.3 is 10.1 Å². The summed E-state index contributed by atoms with van der Waals surface area (Å²) in [4.78, 5) is 13.0. The molecule has 0 aliphatic rings. The lowest BCUT2D eigenvalue weighted by atomic mass is 10.1. The fourth-order valence-electron chi connectivity index (χ4n) is 1.04. The van der Waals surface area contributed by atoms with Crippen LogP contribution >= 0.6 is 0 Å². The van der Waals surface area contributed by atoms with Gasteiger partial charge in [0.05, 0.1) is 6.21 Å². The van der Waals surface area contributed by atoms with E-state index >= 15 is 0 Å². The Morgan fingerprint density at radius 2 is 1.93 bits per heavy atom. The van der Waals surface area contributed by atoms with Crippen LogP contribution in [0.15, 0.2) is 29.4 Å².